The van der Waals surface area contributed by atoms with E-state index in [1.807, 2.05) is 36.9 Å². The van der Waals surface area contributed by atoms with Crippen molar-refractivity contribution < 1.29 is 19.1 Å². The van der Waals surface area contributed by atoms with Crippen LogP contribution in [0.2, 0.25) is 0 Å². The largest absolute Gasteiger partial charge is 0.497 e. The molecule has 9 nitrogen and oxygen atoms in total. The molecule has 34 heavy (non-hydrogen) atoms. The lowest BCUT2D eigenvalue weighted by Crippen LogP contribution is -2.49. The Kier molecular flexibility index (Phi) is 8.07. The predicted octanol–water partition coefficient (Wildman–Crippen LogP) is 1.78. The fourth-order valence-corrected chi connectivity index (χ4v) is 4.42. The second-order valence-electron chi connectivity index (χ2n) is 9.50. The first-order valence-electron chi connectivity index (χ1n) is 12.2. The number of ether oxygens (including phenoxy) is 1. The van der Waals surface area contributed by atoms with Crippen molar-refractivity contribution in [3.05, 3.63) is 42.1 Å². The van der Waals surface area contributed by atoms with Crippen LogP contribution < -0.4 is 9.64 Å². The van der Waals surface area contributed by atoms with Gasteiger partial charge in [-0.05, 0) is 18.1 Å². The van der Waals surface area contributed by atoms with Crippen LogP contribution >= 0.6 is 0 Å². The highest BCUT2D eigenvalue weighted by molar-refractivity contribution is 5.92. The number of carbonyl (C=O) groups excluding carboxylic acids is 1. The van der Waals surface area contributed by atoms with E-state index < -0.39 is 0 Å². The number of hydrogen-bond donors (Lipinski definition) is 1. The van der Waals surface area contributed by atoms with Gasteiger partial charge in [0.25, 0.3) is 5.91 Å². The molecule has 1 amide bonds. The minimum atomic E-state index is -0.288. The number of amides is 1. The van der Waals surface area contributed by atoms with Gasteiger partial charge in [-0.15, -0.1) is 0 Å². The smallest absolute Gasteiger partial charge is 0.275 e. The van der Waals surface area contributed by atoms with Crippen molar-refractivity contribution in [3.8, 4) is 5.75 Å². The van der Waals surface area contributed by atoms with Crippen molar-refractivity contribution in [1.29, 1.82) is 0 Å². The van der Waals surface area contributed by atoms with Crippen LogP contribution in [0, 0.1) is 5.92 Å². The van der Waals surface area contributed by atoms with E-state index in [2.05, 4.69) is 25.8 Å². The molecule has 2 aliphatic heterocycles. The van der Waals surface area contributed by atoms with Gasteiger partial charge in [0.15, 0.2) is 5.69 Å². The fraction of sp³-hybridized carbons (Fsp3) is 0.600. The number of aromatic nitrogens is 1. The second-order valence-corrected chi connectivity index (χ2v) is 9.50. The number of rotatable bonds is 8. The van der Waals surface area contributed by atoms with Crippen LogP contribution in [0.1, 0.15) is 30.2 Å². The van der Waals surface area contributed by atoms with Gasteiger partial charge in [-0.2, -0.15) is 0 Å². The van der Waals surface area contributed by atoms with E-state index in [9.17, 15) is 9.90 Å². The van der Waals surface area contributed by atoms with Gasteiger partial charge in [0.2, 0.25) is 5.89 Å². The van der Waals surface area contributed by atoms with Gasteiger partial charge in [0.1, 0.15) is 12.0 Å². The number of aliphatic hydroxyl groups excluding tert-OH is 1. The number of methoxy groups -OCH3 is 1. The fourth-order valence-electron chi connectivity index (χ4n) is 4.42. The molecule has 0 spiro atoms. The molecule has 2 aliphatic rings. The maximum atomic E-state index is 13.0. The molecule has 4 rings (SSSR count). The first kappa shape index (κ1) is 24.5. The molecule has 3 heterocycles. The molecule has 1 aromatic heterocycles. The average molecular weight is 472 g/mol. The lowest BCUT2D eigenvalue weighted by molar-refractivity contribution is 0.0463. The van der Waals surface area contributed by atoms with Crippen LogP contribution in [0.5, 0.6) is 5.75 Å². The highest BCUT2D eigenvalue weighted by atomic mass is 16.5. The Labute approximate surface area is 201 Å². The molecule has 9 heteroatoms. The topological polar surface area (TPSA) is 85.5 Å². The Morgan fingerprint density at radius 3 is 2.47 bits per heavy atom. The number of β-amino-alcohol motifs (C(OH)–C–C–N with tert-alkyl or cyclic N) is 1. The van der Waals surface area contributed by atoms with Crippen LogP contribution in [-0.4, -0.2) is 103 Å². The second kappa shape index (κ2) is 11.2. The Balaban J connectivity index is 1.24. The number of carbonyl (C=O) groups is 1. The quantitative estimate of drug-likeness (QED) is 0.624. The zero-order valence-corrected chi connectivity index (χ0v) is 20.5. The number of piperazine rings is 2. The van der Waals surface area contributed by atoms with Crippen molar-refractivity contribution in [3.63, 3.8) is 0 Å². The monoisotopic (exact) mass is 471 g/mol. The molecule has 186 valence electrons. The van der Waals surface area contributed by atoms with Crippen LogP contribution in [-0.2, 0) is 6.54 Å². The van der Waals surface area contributed by atoms with E-state index in [-0.39, 0.29) is 17.9 Å². The number of benzene rings is 1. The summed E-state index contributed by atoms with van der Waals surface area (Å²) in [5.74, 6) is 1.61. The number of hydrogen-bond acceptors (Lipinski definition) is 8. The molecule has 1 N–H and O–H groups in total. The van der Waals surface area contributed by atoms with E-state index in [1.165, 1.54) is 6.26 Å². The summed E-state index contributed by atoms with van der Waals surface area (Å²) in [5.41, 5.74) is 1.48. The van der Waals surface area contributed by atoms with E-state index in [4.69, 9.17) is 9.15 Å². The number of oxazole rings is 1. The Morgan fingerprint density at radius 1 is 1.09 bits per heavy atom. The molecule has 1 atom stereocenters. The molecule has 0 bridgehead atoms. The van der Waals surface area contributed by atoms with Gasteiger partial charge in [-0.1, -0.05) is 19.9 Å². The predicted molar refractivity (Wildman–Crippen MR) is 130 cm³/mol. The minimum absolute atomic E-state index is 0.0761. The number of aliphatic hydroxyl groups is 1. The van der Waals surface area contributed by atoms with Gasteiger partial charge in [0.05, 0.1) is 19.8 Å². The zero-order chi connectivity index (χ0) is 24.1. The molecular formula is C25H37N5O4. The average Bonchev–Trinajstić information content (AvgIpc) is 3.33. The first-order valence-corrected chi connectivity index (χ1v) is 12.2. The summed E-state index contributed by atoms with van der Waals surface area (Å²) in [5, 5.41) is 10.1. The molecule has 0 radical (unpaired) electrons. The third-order valence-electron chi connectivity index (χ3n) is 6.79. The highest BCUT2D eigenvalue weighted by Crippen LogP contribution is 2.22. The standard InChI is InChI=1S/C25H37N5O4/c1-19(2)23(31)16-27-7-9-28(10-8-27)17-24-26-22(18-34-24)25(32)30-13-11-29(12-14-30)20-5-4-6-21(15-20)33-3/h4-6,15,18-19,23,31H,7-14,16-17H2,1-3H3/t23-/m0/s1. The maximum absolute atomic E-state index is 13.0. The minimum Gasteiger partial charge on any atom is -0.497 e. The molecule has 1 aromatic carbocycles. The lowest BCUT2D eigenvalue weighted by Gasteiger charge is -2.36. The Hall–Kier alpha value is -2.62. The summed E-state index contributed by atoms with van der Waals surface area (Å²) in [4.78, 5) is 26.2. The summed E-state index contributed by atoms with van der Waals surface area (Å²) < 4.78 is 11.0. The van der Waals surface area contributed by atoms with Crippen molar-refractivity contribution in [2.75, 3.05) is 70.9 Å². The molecule has 0 unspecified atom stereocenters. The van der Waals surface area contributed by atoms with Gasteiger partial charge in [-0.25, -0.2) is 4.98 Å². The normalized spacial score (nSPS) is 19.0. The van der Waals surface area contributed by atoms with Crippen LogP contribution in [0.15, 0.2) is 34.9 Å². The van der Waals surface area contributed by atoms with Gasteiger partial charge in [0, 0.05) is 70.7 Å². The third kappa shape index (κ3) is 6.08. The first-order chi connectivity index (χ1) is 16.4. The number of anilines is 1. The van der Waals surface area contributed by atoms with E-state index in [0.29, 0.717) is 37.8 Å². The van der Waals surface area contributed by atoms with Gasteiger partial charge < -0.3 is 24.1 Å². The van der Waals surface area contributed by atoms with E-state index in [0.717, 1.165) is 50.7 Å². The van der Waals surface area contributed by atoms with Crippen LogP contribution in [0.25, 0.3) is 0 Å². The highest BCUT2D eigenvalue weighted by Gasteiger charge is 2.26. The third-order valence-corrected chi connectivity index (χ3v) is 6.79. The van der Waals surface area contributed by atoms with Gasteiger partial charge >= 0.3 is 0 Å². The SMILES string of the molecule is COc1cccc(N2CCN(C(=O)c3coc(CN4CCN(C[C@H](O)C(C)C)CC4)n3)CC2)c1. The maximum Gasteiger partial charge on any atom is 0.275 e. The van der Waals surface area contributed by atoms with Crippen molar-refractivity contribution in [1.82, 2.24) is 19.7 Å². The Morgan fingerprint density at radius 2 is 1.79 bits per heavy atom. The molecule has 2 saturated heterocycles. The summed E-state index contributed by atoms with van der Waals surface area (Å²) in [6.07, 6.45) is 1.20. The van der Waals surface area contributed by atoms with Crippen LogP contribution in [0.4, 0.5) is 5.69 Å². The zero-order valence-electron chi connectivity index (χ0n) is 20.5. The number of nitrogens with zero attached hydrogens (tertiary/aromatic N) is 5. The van der Waals surface area contributed by atoms with E-state index in [1.54, 1.807) is 7.11 Å². The molecule has 2 aromatic rings. The summed E-state index contributed by atoms with van der Waals surface area (Å²) in [6.45, 7) is 11.8. The molecule has 0 aliphatic carbocycles. The van der Waals surface area contributed by atoms with Crippen molar-refractivity contribution >= 4 is 11.6 Å². The molecular weight excluding hydrogens is 434 g/mol. The summed E-state index contributed by atoms with van der Waals surface area (Å²) in [7, 11) is 1.67. The van der Waals surface area contributed by atoms with Gasteiger partial charge in [-0.3, -0.25) is 14.6 Å². The van der Waals surface area contributed by atoms with Crippen LogP contribution in [0.3, 0.4) is 0 Å². The summed E-state index contributed by atoms with van der Waals surface area (Å²) in [6, 6.07) is 8.00. The van der Waals surface area contributed by atoms with Crippen molar-refractivity contribution in [2.45, 2.75) is 26.5 Å². The van der Waals surface area contributed by atoms with Crippen molar-refractivity contribution in [2.24, 2.45) is 5.92 Å². The summed E-state index contributed by atoms with van der Waals surface area (Å²) >= 11 is 0. The van der Waals surface area contributed by atoms with E-state index >= 15 is 0 Å². The lowest BCUT2D eigenvalue weighted by atomic mass is 10.1. The molecule has 2 fully saturated rings. The Bertz CT molecular complexity index is 933. The molecule has 0 saturated carbocycles.